The van der Waals surface area contributed by atoms with Crippen molar-refractivity contribution in [1.29, 1.82) is 0 Å². The van der Waals surface area contributed by atoms with E-state index in [9.17, 15) is 4.79 Å². The number of ether oxygens (including phenoxy) is 1. The van der Waals surface area contributed by atoms with Crippen LogP contribution in [-0.2, 0) is 0 Å². The molecule has 0 atom stereocenters. The smallest absolute Gasteiger partial charge is 0.255 e. The Balaban J connectivity index is 1.73. The number of rotatable bonds is 6. The van der Waals surface area contributed by atoms with Crippen LogP contribution in [0, 0.1) is 0 Å². The van der Waals surface area contributed by atoms with E-state index in [1.807, 2.05) is 68.4 Å². The van der Waals surface area contributed by atoms with Gasteiger partial charge >= 0.3 is 0 Å². The van der Waals surface area contributed by atoms with Crippen LogP contribution in [0.3, 0.4) is 0 Å². The number of para-hydroxylation sites is 1. The minimum absolute atomic E-state index is 0.108. The molecule has 3 aromatic rings. The van der Waals surface area contributed by atoms with Gasteiger partial charge in [0, 0.05) is 15.4 Å². The van der Waals surface area contributed by atoms with E-state index in [-0.39, 0.29) is 12.0 Å². The molecule has 0 heterocycles. The van der Waals surface area contributed by atoms with Crippen molar-refractivity contribution in [3.05, 3.63) is 84.4 Å². The second kappa shape index (κ2) is 8.59. The van der Waals surface area contributed by atoms with Gasteiger partial charge in [0.25, 0.3) is 5.91 Å². The van der Waals surface area contributed by atoms with Gasteiger partial charge in [-0.3, -0.25) is 4.79 Å². The largest absolute Gasteiger partial charge is 0.491 e. The molecule has 0 aliphatic heterocycles. The highest BCUT2D eigenvalue weighted by Gasteiger charge is 2.10. The first-order chi connectivity index (χ1) is 12.6. The average molecular weight is 363 g/mol. The predicted octanol–water partition coefficient (Wildman–Crippen LogP) is 5.88. The summed E-state index contributed by atoms with van der Waals surface area (Å²) in [7, 11) is 0. The maximum Gasteiger partial charge on any atom is 0.255 e. The van der Waals surface area contributed by atoms with Gasteiger partial charge in [-0.1, -0.05) is 42.1 Å². The first kappa shape index (κ1) is 18.1. The summed E-state index contributed by atoms with van der Waals surface area (Å²) < 4.78 is 5.62. The van der Waals surface area contributed by atoms with Crippen molar-refractivity contribution < 1.29 is 9.53 Å². The third-order valence-electron chi connectivity index (χ3n) is 3.59. The molecule has 0 aliphatic rings. The van der Waals surface area contributed by atoms with Crippen LogP contribution in [0.25, 0.3) is 0 Å². The summed E-state index contributed by atoms with van der Waals surface area (Å²) in [6.45, 7) is 3.95. The molecule has 132 valence electrons. The van der Waals surface area contributed by atoms with Crippen LogP contribution in [0.4, 0.5) is 5.69 Å². The summed E-state index contributed by atoms with van der Waals surface area (Å²) in [6.07, 6.45) is 0.108. The Morgan fingerprint density at radius 2 is 1.54 bits per heavy atom. The van der Waals surface area contributed by atoms with Gasteiger partial charge in [0.2, 0.25) is 0 Å². The summed E-state index contributed by atoms with van der Waals surface area (Å²) in [5.41, 5.74) is 1.40. The number of carbonyl (C=O) groups excluding carboxylic acids is 1. The fourth-order valence-corrected chi connectivity index (χ4v) is 3.35. The average Bonchev–Trinajstić information content (AvgIpc) is 2.64. The van der Waals surface area contributed by atoms with Gasteiger partial charge in [-0.25, -0.2) is 0 Å². The lowest BCUT2D eigenvalue weighted by molar-refractivity contribution is 0.102. The molecule has 4 heteroatoms. The van der Waals surface area contributed by atoms with Crippen LogP contribution in [0.15, 0.2) is 88.7 Å². The predicted molar refractivity (Wildman–Crippen MR) is 107 cm³/mol. The van der Waals surface area contributed by atoms with Crippen LogP contribution in [-0.4, -0.2) is 12.0 Å². The summed E-state index contributed by atoms with van der Waals surface area (Å²) in [5.74, 6) is 0.624. The molecular formula is C22H21NO2S. The molecule has 26 heavy (non-hydrogen) atoms. The van der Waals surface area contributed by atoms with E-state index >= 15 is 0 Å². The van der Waals surface area contributed by atoms with E-state index in [1.165, 1.54) is 0 Å². The highest BCUT2D eigenvalue weighted by molar-refractivity contribution is 7.99. The van der Waals surface area contributed by atoms with E-state index in [4.69, 9.17) is 4.74 Å². The lowest BCUT2D eigenvalue weighted by atomic mass is 10.2. The Hall–Kier alpha value is -2.72. The molecule has 0 fully saturated rings. The molecule has 0 saturated carbocycles. The highest BCUT2D eigenvalue weighted by atomic mass is 32.2. The van der Waals surface area contributed by atoms with Crippen molar-refractivity contribution in [1.82, 2.24) is 0 Å². The van der Waals surface area contributed by atoms with Gasteiger partial charge in [0.05, 0.1) is 11.8 Å². The highest BCUT2D eigenvalue weighted by Crippen LogP contribution is 2.33. The summed E-state index contributed by atoms with van der Waals surface area (Å²) in [6, 6.07) is 25.1. The number of nitrogens with one attached hydrogen (secondary N) is 1. The van der Waals surface area contributed by atoms with Crippen molar-refractivity contribution in [2.24, 2.45) is 0 Å². The molecule has 0 spiro atoms. The number of anilines is 1. The topological polar surface area (TPSA) is 38.3 Å². The third kappa shape index (κ3) is 4.90. The van der Waals surface area contributed by atoms with E-state index < -0.39 is 0 Å². The van der Waals surface area contributed by atoms with Gasteiger partial charge in [-0.05, 0) is 62.4 Å². The summed E-state index contributed by atoms with van der Waals surface area (Å²) >= 11 is 1.63. The van der Waals surface area contributed by atoms with Gasteiger partial charge in [-0.15, -0.1) is 0 Å². The molecule has 1 amide bonds. The SMILES string of the molecule is CC(C)Oc1ccc(C(=O)Nc2ccccc2Sc2ccccc2)cc1. The zero-order valence-corrected chi connectivity index (χ0v) is 15.6. The number of benzene rings is 3. The number of hydrogen-bond donors (Lipinski definition) is 1. The molecule has 3 aromatic carbocycles. The minimum Gasteiger partial charge on any atom is -0.491 e. The Labute approximate surface area is 158 Å². The Kier molecular flexibility index (Phi) is 5.97. The summed E-state index contributed by atoms with van der Waals surface area (Å²) in [4.78, 5) is 14.7. The Morgan fingerprint density at radius 1 is 0.885 bits per heavy atom. The Morgan fingerprint density at radius 3 is 2.23 bits per heavy atom. The lowest BCUT2D eigenvalue weighted by Crippen LogP contribution is -2.12. The van der Waals surface area contributed by atoms with Crippen molar-refractivity contribution in [3.63, 3.8) is 0 Å². The second-order valence-corrected chi connectivity index (χ2v) is 7.17. The van der Waals surface area contributed by atoms with E-state index in [0.717, 1.165) is 21.2 Å². The molecule has 3 rings (SSSR count). The number of amides is 1. The van der Waals surface area contributed by atoms with Gasteiger partial charge in [0.1, 0.15) is 5.75 Å². The van der Waals surface area contributed by atoms with E-state index in [2.05, 4.69) is 17.4 Å². The van der Waals surface area contributed by atoms with Gasteiger partial charge in [-0.2, -0.15) is 0 Å². The van der Waals surface area contributed by atoms with Crippen LogP contribution in [0.5, 0.6) is 5.75 Å². The molecule has 3 nitrogen and oxygen atoms in total. The van der Waals surface area contributed by atoms with Crippen LogP contribution in [0.1, 0.15) is 24.2 Å². The third-order valence-corrected chi connectivity index (χ3v) is 4.68. The molecule has 0 radical (unpaired) electrons. The first-order valence-electron chi connectivity index (χ1n) is 8.52. The van der Waals surface area contributed by atoms with E-state index in [1.54, 1.807) is 23.9 Å². The molecule has 1 N–H and O–H groups in total. The quantitative estimate of drug-likeness (QED) is 0.594. The zero-order valence-electron chi connectivity index (χ0n) is 14.8. The first-order valence-corrected chi connectivity index (χ1v) is 9.33. The van der Waals surface area contributed by atoms with Gasteiger partial charge in [0.15, 0.2) is 0 Å². The molecule has 0 aromatic heterocycles. The fourth-order valence-electron chi connectivity index (χ4n) is 2.43. The zero-order chi connectivity index (χ0) is 18.4. The normalized spacial score (nSPS) is 10.6. The van der Waals surface area contributed by atoms with Crippen molar-refractivity contribution >= 4 is 23.4 Å². The maximum atomic E-state index is 12.6. The van der Waals surface area contributed by atoms with E-state index in [0.29, 0.717) is 5.56 Å². The maximum absolute atomic E-state index is 12.6. The number of hydrogen-bond acceptors (Lipinski definition) is 3. The molecular weight excluding hydrogens is 342 g/mol. The van der Waals surface area contributed by atoms with Crippen LogP contribution < -0.4 is 10.1 Å². The second-order valence-electron chi connectivity index (χ2n) is 6.06. The molecule has 0 bridgehead atoms. The standard InChI is InChI=1S/C22H21NO2S/c1-16(2)25-18-14-12-17(13-15-18)22(24)23-20-10-6-7-11-21(20)26-19-8-4-3-5-9-19/h3-16H,1-2H3,(H,23,24). The minimum atomic E-state index is -0.137. The lowest BCUT2D eigenvalue weighted by Gasteiger charge is -2.12. The molecule has 0 unspecified atom stereocenters. The van der Waals surface area contributed by atoms with Crippen molar-refractivity contribution in [3.8, 4) is 5.75 Å². The monoisotopic (exact) mass is 363 g/mol. The molecule has 0 aliphatic carbocycles. The van der Waals surface area contributed by atoms with Crippen molar-refractivity contribution in [2.75, 3.05) is 5.32 Å². The fraction of sp³-hybridized carbons (Fsp3) is 0.136. The number of carbonyl (C=O) groups is 1. The van der Waals surface area contributed by atoms with Gasteiger partial charge < -0.3 is 10.1 Å². The Bertz CT molecular complexity index is 861. The summed E-state index contributed by atoms with van der Waals surface area (Å²) in [5, 5.41) is 3.01. The van der Waals surface area contributed by atoms with Crippen LogP contribution in [0.2, 0.25) is 0 Å². The van der Waals surface area contributed by atoms with Crippen LogP contribution >= 0.6 is 11.8 Å². The van der Waals surface area contributed by atoms with Crippen molar-refractivity contribution in [2.45, 2.75) is 29.7 Å². The molecule has 0 saturated heterocycles.